The van der Waals surface area contributed by atoms with Crippen LogP contribution in [0.5, 0.6) is 0 Å². The SMILES string of the molecule is COC(=O)c1ccccc1NC(=O)c1ccnc(NCCc2ccccc2F)n1. The van der Waals surface area contributed by atoms with Gasteiger partial charge in [0.25, 0.3) is 5.91 Å². The van der Waals surface area contributed by atoms with Crippen LogP contribution in [0.1, 0.15) is 26.4 Å². The lowest BCUT2D eigenvalue weighted by Crippen LogP contribution is -2.18. The Kier molecular flexibility index (Phi) is 6.47. The van der Waals surface area contributed by atoms with Crippen LogP contribution in [0.2, 0.25) is 0 Å². The second-order valence-electron chi connectivity index (χ2n) is 6.02. The van der Waals surface area contributed by atoms with Crippen molar-refractivity contribution in [1.82, 2.24) is 9.97 Å². The van der Waals surface area contributed by atoms with Gasteiger partial charge in [-0.1, -0.05) is 30.3 Å². The van der Waals surface area contributed by atoms with E-state index >= 15 is 0 Å². The van der Waals surface area contributed by atoms with Crippen molar-refractivity contribution in [2.24, 2.45) is 0 Å². The average Bonchev–Trinajstić information content (AvgIpc) is 2.75. The van der Waals surface area contributed by atoms with Gasteiger partial charge in [0, 0.05) is 12.7 Å². The molecule has 8 heteroatoms. The lowest BCUT2D eigenvalue weighted by molar-refractivity contribution is 0.0602. The number of esters is 1. The number of carbonyl (C=O) groups is 2. The third-order valence-corrected chi connectivity index (χ3v) is 4.10. The summed E-state index contributed by atoms with van der Waals surface area (Å²) in [4.78, 5) is 32.6. The summed E-state index contributed by atoms with van der Waals surface area (Å²) in [5, 5.41) is 5.63. The van der Waals surface area contributed by atoms with Gasteiger partial charge in [0.2, 0.25) is 5.95 Å². The molecule has 1 heterocycles. The largest absolute Gasteiger partial charge is 0.465 e. The predicted molar refractivity (Wildman–Crippen MR) is 106 cm³/mol. The quantitative estimate of drug-likeness (QED) is 0.597. The van der Waals surface area contributed by atoms with Crippen LogP contribution in [-0.2, 0) is 11.2 Å². The lowest BCUT2D eigenvalue weighted by atomic mass is 10.1. The first kappa shape index (κ1) is 19.9. The summed E-state index contributed by atoms with van der Waals surface area (Å²) < 4.78 is 18.4. The van der Waals surface area contributed by atoms with E-state index in [0.29, 0.717) is 24.2 Å². The predicted octanol–water partition coefficient (Wildman–Crippen LogP) is 3.31. The zero-order valence-corrected chi connectivity index (χ0v) is 15.7. The van der Waals surface area contributed by atoms with E-state index in [4.69, 9.17) is 4.74 Å². The molecule has 0 bridgehead atoms. The molecule has 0 spiro atoms. The highest BCUT2D eigenvalue weighted by Gasteiger charge is 2.15. The molecule has 0 unspecified atom stereocenters. The van der Waals surface area contributed by atoms with Crippen molar-refractivity contribution in [2.45, 2.75) is 6.42 Å². The first-order valence-corrected chi connectivity index (χ1v) is 8.87. The lowest BCUT2D eigenvalue weighted by Gasteiger charge is -2.10. The summed E-state index contributed by atoms with van der Waals surface area (Å²) in [6.45, 7) is 0.400. The monoisotopic (exact) mass is 394 g/mol. The van der Waals surface area contributed by atoms with Crippen LogP contribution in [-0.4, -0.2) is 35.5 Å². The molecule has 2 aromatic carbocycles. The van der Waals surface area contributed by atoms with Crippen LogP contribution < -0.4 is 10.6 Å². The minimum Gasteiger partial charge on any atom is -0.465 e. The maximum Gasteiger partial charge on any atom is 0.339 e. The van der Waals surface area contributed by atoms with Gasteiger partial charge in [-0.25, -0.2) is 19.2 Å². The number of rotatable bonds is 7. The summed E-state index contributed by atoms with van der Waals surface area (Å²) in [6, 6.07) is 14.5. The molecular weight excluding hydrogens is 375 g/mol. The fraction of sp³-hybridized carbons (Fsp3) is 0.143. The number of benzene rings is 2. The Hall–Kier alpha value is -3.81. The Morgan fingerprint density at radius 1 is 1.07 bits per heavy atom. The molecule has 1 amide bonds. The molecule has 0 fully saturated rings. The number of halogens is 1. The van der Waals surface area contributed by atoms with Crippen LogP contribution in [0.4, 0.5) is 16.0 Å². The van der Waals surface area contributed by atoms with E-state index < -0.39 is 11.9 Å². The third-order valence-electron chi connectivity index (χ3n) is 4.10. The second kappa shape index (κ2) is 9.41. The van der Waals surface area contributed by atoms with Crippen molar-refractivity contribution in [2.75, 3.05) is 24.3 Å². The van der Waals surface area contributed by atoms with E-state index in [-0.39, 0.29) is 23.0 Å². The number of anilines is 2. The van der Waals surface area contributed by atoms with Crippen molar-refractivity contribution in [3.05, 3.63) is 83.4 Å². The number of methoxy groups -OCH3 is 1. The number of carbonyl (C=O) groups excluding carboxylic acids is 2. The van der Waals surface area contributed by atoms with Gasteiger partial charge < -0.3 is 15.4 Å². The summed E-state index contributed by atoms with van der Waals surface area (Å²) in [5.74, 6) is -1.08. The van der Waals surface area contributed by atoms with Gasteiger partial charge >= 0.3 is 5.97 Å². The van der Waals surface area contributed by atoms with Gasteiger partial charge in [0.1, 0.15) is 11.5 Å². The molecule has 148 valence electrons. The van der Waals surface area contributed by atoms with Crippen LogP contribution in [0.15, 0.2) is 60.8 Å². The molecule has 7 nitrogen and oxygen atoms in total. The molecule has 0 aliphatic heterocycles. The van der Waals surface area contributed by atoms with Crippen LogP contribution in [0, 0.1) is 5.82 Å². The smallest absolute Gasteiger partial charge is 0.339 e. The van der Waals surface area contributed by atoms with Gasteiger partial charge in [0.15, 0.2) is 0 Å². The number of hydrogen-bond acceptors (Lipinski definition) is 6. The number of amides is 1. The zero-order valence-electron chi connectivity index (χ0n) is 15.7. The van der Waals surface area contributed by atoms with Gasteiger partial charge in [-0.3, -0.25) is 4.79 Å². The molecular formula is C21H19FN4O3. The van der Waals surface area contributed by atoms with E-state index in [1.165, 1.54) is 25.4 Å². The molecule has 29 heavy (non-hydrogen) atoms. The Labute approximate surface area is 167 Å². The van der Waals surface area contributed by atoms with Crippen molar-refractivity contribution in [3.8, 4) is 0 Å². The highest BCUT2D eigenvalue weighted by molar-refractivity contribution is 6.07. The van der Waals surface area contributed by atoms with Crippen LogP contribution >= 0.6 is 0 Å². The maximum atomic E-state index is 13.7. The molecule has 2 N–H and O–H groups in total. The summed E-state index contributed by atoms with van der Waals surface area (Å²) >= 11 is 0. The van der Waals surface area contributed by atoms with Crippen molar-refractivity contribution >= 4 is 23.5 Å². The summed E-state index contributed by atoms with van der Waals surface area (Å²) in [7, 11) is 1.27. The maximum absolute atomic E-state index is 13.7. The number of para-hydroxylation sites is 1. The van der Waals surface area contributed by atoms with Gasteiger partial charge in [-0.15, -0.1) is 0 Å². The normalized spacial score (nSPS) is 10.3. The number of ether oxygens (including phenoxy) is 1. The van der Waals surface area contributed by atoms with Gasteiger partial charge in [-0.2, -0.15) is 0 Å². The molecule has 0 aliphatic carbocycles. The molecule has 0 saturated heterocycles. The van der Waals surface area contributed by atoms with E-state index in [0.717, 1.165) is 0 Å². The van der Waals surface area contributed by atoms with E-state index in [1.54, 1.807) is 42.5 Å². The number of aromatic nitrogens is 2. The molecule has 1 aromatic heterocycles. The standard InChI is InChI=1S/C21H19FN4O3/c1-29-20(28)15-7-3-5-9-17(15)25-19(27)18-11-13-24-21(26-18)23-12-10-14-6-2-4-8-16(14)22/h2-9,11,13H,10,12H2,1H3,(H,25,27)(H,23,24,26). The third kappa shape index (κ3) is 5.13. The molecule has 0 aliphatic rings. The minimum atomic E-state index is -0.556. The van der Waals surface area contributed by atoms with Gasteiger partial charge in [0.05, 0.1) is 18.4 Å². The Morgan fingerprint density at radius 2 is 1.83 bits per heavy atom. The highest BCUT2D eigenvalue weighted by Crippen LogP contribution is 2.17. The Morgan fingerprint density at radius 3 is 2.62 bits per heavy atom. The van der Waals surface area contributed by atoms with Crippen LogP contribution in [0.3, 0.4) is 0 Å². The molecule has 0 atom stereocenters. The fourth-order valence-corrected chi connectivity index (χ4v) is 2.65. The first-order valence-electron chi connectivity index (χ1n) is 8.87. The highest BCUT2D eigenvalue weighted by atomic mass is 19.1. The zero-order chi connectivity index (χ0) is 20.6. The first-order chi connectivity index (χ1) is 14.1. The fourth-order valence-electron chi connectivity index (χ4n) is 2.65. The number of hydrogen-bond donors (Lipinski definition) is 2. The minimum absolute atomic E-state index is 0.119. The van der Waals surface area contributed by atoms with Crippen molar-refractivity contribution in [3.63, 3.8) is 0 Å². The Bertz CT molecular complexity index is 1030. The second-order valence-corrected chi connectivity index (χ2v) is 6.02. The van der Waals surface area contributed by atoms with Crippen LogP contribution in [0.25, 0.3) is 0 Å². The molecule has 3 aromatic rings. The number of nitrogens with one attached hydrogen (secondary N) is 2. The summed E-state index contributed by atoms with van der Waals surface area (Å²) in [6.07, 6.45) is 1.89. The Balaban J connectivity index is 1.66. The molecule has 0 saturated carbocycles. The van der Waals surface area contributed by atoms with Gasteiger partial charge in [-0.05, 0) is 36.2 Å². The van der Waals surface area contributed by atoms with Crippen molar-refractivity contribution in [1.29, 1.82) is 0 Å². The topological polar surface area (TPSA) is 93.2 Å². The molecule has 3 rings (SSSR count). The average molecular weight is 394 g/mol. The number of nitrogens with zero attached hydrogens (tertiary/aromatic N) is 2. The van der Waals surface area contributed by atoms with E-state index in [9.17, 15) is 14.0 Å². The van der Waals surface area contributed by atoms with E-state index in [2.05, 4.69) is 20.6 Å². The van der Waals surface area contributed by atoms with Crippen molar-refractivity contribution < 1.29 is 18.7 Å². The van der Waals surface area contributed by atoms with E-state index in [1.807, 2.05) is 0 Å². The summed E-state index contributed by atoms with van der Waals surface area (Å²) in [5.41, 5.74) is 1.25. The molecule has 0 radical (unpaired) electrons.